The minimum absolute atomic E-state index is 0.310. The third kappa shape index (κ3) is 1.20. The first-order valence-electron chi connectivity index (χ1n) is 3.83. The van der Waals surface area contributed by atoms with E-state index in [0.29, 0.717) is 15.9 Å². The number of nitrogens with zero attached hydrogens (tertiary/aromatic N) is 1. The van der Waals surface area contributed by atoms with Crippen LogP contribution in [-0.2, 0) is 0 Å². The molecule has 0 bridgehead atoms. The summed E-state index contributed by atoms with van der Waals surface area (Å²) in [6.07, 6.45) is -1.22. The monoisotopic (exact) mass is 211 g/mol. The van der Waals surface area contributed by atoms with Crippen LogP contribution >= 0.6 is 11.6 Å². The van der Waals surface area contributed by atoms with Crippen LogP contribution in [0.5, 0.6) is 5.88 Å². The Morgan fingerprint density at radius 1 is 1.36 bits per heavy atom. The Balaban J connectivity index is 2.84. The summed E-state index contributed by atoms with van der Waals surface area (Å²) in [5.74, 6) is -0.310. The fourth-order valence-corrected chi connectivity index (χ4v) is 1.55. The summed E-state index contributed by atoms with van der Waals surface area (Å²) in [5, 5.41) is 19.2. The average Bonchev–Trinajstić information content (AvgIpc) is 2.39. The second kappa shape index (κ2) is 2.92. The normalized spacial score (nSPS) is 10.6. The highest BCUT2D eigenvalue weighted by atomic mass is 35.5. The second-order valence-electron chi connectivity index (χ2n) is 2.82. The molecule has 0 radical (unpaired) electrons. The summed E-state index contributed by atoms with van der Waals surface area (Å²) in [4.78, 5) is 10.8. The van der Waals surface area contributed by atoms with Gasteiger partial charge in [0.2, 0.25) is 5.88 Å². The molecular formula is C9H6ClNO3. The smallest absolute Gasteiger partial charge is 0.418 e. The summed E-state index contributed by atoms with van der Waals surface area (Å²) < 4.78 is 0.797. The molecule has 1 aromatic heterocycles. The number of hydrogen-bond acceptors (Lipinski definition) is 2. The maximum atomic E-state index is 10.8. The van der Waals surface area contributed by atoms with Crippen LogP contribution in [0.3, 0.4) is 0 Å². The van der Waals surface area contributed by atoms with Crippen molar-refractivity contribution in [2.45, 2.75) is 0 Å². The molecule has 1 heterocycles. The van der Waals surface area contributed by atoms with Crippen molar-refractivity contribution in [2.75, 3.05) is 0 Å². The van der Waals surface area contributed by atoms with E-state index in [-0.39, 0.29) is 5.88 Å². The summed E-state index contributed by atoms with van der Waals surface area (Å²) in [5.41, 5.74) is 0.416. The van der Waals surface area contributed by atoms with Gasteiger partial charge in [-0.2, -0.15) is 0 Å². The first kappa shape index (κ1) is 8.90. The maximum Gasteiger partial charge on any atom is 0.418 e. The van der Waals surface area contributed by atoms with Crippen LogP contribution in [0.1, 0.15) is 0 Å². The standard InChI is InChI=1S/C9H6ClNO3/c10-6-1-2-7-5(3-6)4-8(12)11(7)9(13)14/h1-4,12H,(H,13,14). The Bertz CT molecular complexity index is 518. The highest BCUT2D eigenvalue weighted by Crippen LogP contribution is 2.26. The molecule has 1 aromatic carbocycles. The van der Waals surface area contributed by atoms with Gasteiger partial charge in [0.1, 0.15) is 0 Å². The number of benzene rings is 1. The first-order valence-corrected chi connectivity index (χ1v) is 4.20. The van der Waals surface area contributed by atoms with Gasteiger partial charge in [0.25, 0.3) is 0 Å². The molecule has 14 heavy (non-hydrogen) atoms. The molecule has 0 aliphatic carbocycles. The quantitative estimate of drug-likeness (QED) is 0.704. The average molecular weight is 212 g/mol. The summed E-state index contributed by atoms with van der Waals surface area (Å²) in [7, 11) is 0. The van der Waals surface area contributed by atoms with Gasteiger partial charge in [-0.15, -0.1) is 0 Å². The van der Waals surface area contributed by atoms with Crippen molar-refractivity contribution in [2.24, 2.45) is 0 Å². The van der Waals surface area contributed by atoms with Crippen molar-refractivity contribution >= 4 is 28.6 Å². The van der Waals surface area contributed by atoms with Gasteiger partial charge in [0.05, 0.1) is 5.52 Å². The molecule has 0 aliphatic rings. The topological polar surface area (TPSA) is 62.5 Å². The molecule has 0 saturated carbocycles. The van der Waals surface area contributed by atoms with Gasteiger partial charge >= 0.3 is 6.09 Å². The Morgan fingerprint density at radius 3 is 2.71 bits per heavy atom. The van der Waals surface area contributed by atoms with Crippen molar-refractivity contribution in [1.29, 1.82) is 0 Å². The molecule has 0 atom stereocenters. The number of fused-ring (bicyclic) bond motifs is 1. The van der Waals surface area contributed by atoms with Crippen LogP contribution in [-0.4, -0.2) is 20.9 Å². The third-order valence-electron chi connectivity index (χ3n) is 1.94. The Labute approximate surface area is 84.0 Å². The Kier molecular flexibility index (Phi) is 1.86. The SMILES string of the molecule is O=C(O)n1c(O)cc2cc(Cl)ccc21. The minimum Gasteiger partial charge on any atom is -0.494 e. The van der Waals surface area contributed by atoms with E-state index in [4.69, 9.17) is 16.7 Å². The fraction of sp³-hybridized carbons (Fsp3) is 0. The predicted octanol–water partition coefficient (Wildman–Crippen LogP) is 2.53. The van der Waals surface area contributed by atoms with E-state index in [2.05, 4.69) is 0 Å². The van der Waals surface area contributed by atoms with Crippen LogP contribution < -0.4 is 0 Å². The number of halogens is 1. The van der Waals surface area contributed by atoms with E-state index in [1.54, 1.807) is 18.2 Å². The summed E-state index contributed by atoms with van der Waals surface area (Å²) in [6.45, 7) is 0. The van der Waals surface area contributed by atoms with Crippen LogP contribution in [0, 0.1) is 0 Å². The predicted molar refractivity (Wildman–Crippen MR) is 52.0 cm³/mol. The molecule has 2 rings (SSSR count). The highest BCUT2D eigenvalue weighted by Gasteiger charge is 2.12. The molecule has 72 valence electrons. The minimum atomic E-state index is -1.22. The lowest BCUT2D eigenvalue weighted by atomic mass is 10.2. The van der Waals surface area contributed by atoms with Crippen molar-refractivity contribution in [1.82, 2.24) is 4.57 Å². The summed E-state index contributed by atoms with van der Waals surface area (Å²) >= 11 is 5.72. The molecule has 0 saturated heterocycles. The van der Waals surface area contributed by atoms with E-state index in [0.717, 1.165) is 4.57 Å². The van der Waals surface area contributed by atoms with Gasteiger partial charge in [-0.1, -0.05) is 11.6 Å². The number of hydrogen-bond donors (Lipinski definition) is 2. The zero-order valence-electron chi connectivity index (χ0n) is 6.94. The van der Waals surface area contributed by atoms with Crippen LogP contribution in [0.2, 0.25) is 5.02 Å². The molecule has 5 heteroatoms. The van der Waals surface area contributed by atoms with E-state index in [1.807, 2.05) is 0 Å². The lowest BCUT2D eigenvalue weighted by molar-refractivity contribution is 0.194. The number of aromatic hydroxyl groups is 1. The van der Waals surface area contributed by atoms with Crippen molar-refractivity contribution < 1.29 is 15.0 Å². The first-order chi connectivity index (χ1) is 6.59. The Hall–Kier alpha value is -1.68. The maximum absolute atomic E-state index is 10.8. The lowest BCUT2D eigenvalue weighted by Crippen LogP contribution is -2.06. The highest BCUT2D eigenvalue weighted by molar-refractivity contribution is 6.31. The molecule has 2 N–H and O–H groups in total. The molecular weight excluding hydrogens is 206 g/mol. The molecule has 0 amide bonds. The number of aromatic nitrogens is 1. The van der Waals surface area contributed by atoms with E-state index in [1.165, 1.54) is 6.07 Å². The van der Waals surface area contributed by atoms with Gasteiger partial charge < -0.3 is 10.2 Å². The van der Waals surface area contributed by atoms with Gasteiger partial charge in [-0.25, -0.2) is 9.36 Å². The van der Waals surface area contributed by atoms with Gasteiger partial charge in [0.15, 0.2) is 0 Å². The van der Waals surface area contributed by atoms with E-state index < -0.39 is 6.09 Å². The molecule has 0 spiro atoms. The van der Waals surface area contributed by atoms with Crippen LogP contribution in [0.25, 0.3) is 10.9 Å². The molecule has 0 aliphatic heterocycles. The molecule has 0 fully saturated rings. The van der Waals surface area contributed by atoms with Gasteiger partial charge in [-0.05, 0) is 18.2 Å². The zero-order chi connectivity index (χ0) is 10.3. The lowest BCUT2D eigenvalue weighted by Gasteiger charge is -1.98. The second-order valence-corrected chi connectivity index (χ2v) is 3.26. The van der Waals surface area contributed by atoms with E-state index in [9.17, 15) is 9.90 Å². The van der Waals surface area contributed by atoms with Gasteiger partial charge in [0, 0.05) is 16.5 Å². The van der Waals surface area contributed by atoms with Crippen LogP contribution in [0.15, 0.2) is 24.3 Å². The third-order valence-corrected chi connectivity index (χ3v) is 2.17. The molecule has 0 unspecified atom stereocenters. The number of rotatable bonds is 0. The van der Waals surface area contributed by atoms with Crippen LogP contribution in [0.4, 0.5) is 4.79 Å². The number of carboxylic acid groups (broad SMARTS) is 1. The van der Waals surface area contributed by atoms with E-state index >= 15 is 0 Å². The largest absolute Gasteiger partial charge is 0.494 e. The molecule has 4 nitrogen and oxygen atoms in total. The van der Waals surface area contributed by atoms with Crippen molar-refractivity contribution in [3.8, 4) is 5.88 Å². The van der Waals surface area contributed by atoms with Gasteiger partial charge in [-0.3, -0.25) is 0 Å². The number of carbonyl (C=O) groups is 1. The Morgan fingerprint density at radius 2 is 2.07 bits per heavy atom. The van der Waals surface area contributed by atoms with Crippen molar-refractivity contribution in [3.63, 3.8) is 0 Å². The zero-order valence-corrected chi connectivity index (χ0v) is 7.69. The molecule has 2 aromatic rings. The van der Waals surface area contributed by atoms with Crippen molar-refractivity contribution in [3.05, 3.63) is 29.3 Å². The summed E-state index contributed by atoms with van der Waals surface area (Å²) in [6, 6.07) is 6.07. The fourth-order valence-electron chi connectivity index (χ4n) is 1.37.